The fourth-order valence-electron chi connectivity index (χ4n) is 2.94. The minimum Gasteiger partial charge on any atom is -0.484 e. The predicted molar refractivity (Wildman–Crippen MR) is 79.3 cm³/mol. The first kappa shape index (κ1) is 13.9. The zero-order valence-electron chi connectivity index (χ0n) is 12.0. The summed E-state index contributed by atoms with van der Waals surface area (Å²) >= 11 is 0. The van der Waals surface area contributed by atoms with Crippen LogP contribution in [0.3, 0.4) is 0 Å². The second-order valence-electron chi connectivity index (χ2n) is 5.70. The van der Waals surface area contributed by atoms with Gasteiger partial charge in [-0.2, -0.15) is 0 Å². The molecule has 112 valence electrons. The molecule has 1 aromatic carbocycles. The van der Waals surface area contributed by atoms with E-state index in [1.54, 1.807) is 6.07 Å². The molecule has 5 heteroatoms. The molecule has 0 bridgehead atoms. The Bertz CT molecular complexity index is 550. The molecule has 0 radical (unpaired) electrons. The summed E-state index contributed by atoms with van der Waals surface area (Å²) in [5.41, 5.74) is 1.90. The molecule has 5 nitrogen and oxygen atoms in total. The summed E-state index contributed by atoms with van der Waals surface area (Å²) in [4.78, 5) is 23.1. The maximum absolute atomic E-state index is 11.8. The number of benzene rings is 1. The highest BCUT2D eigenvalue weighted by Gasteiger charge is 2.18. The predicted octanol–water partition coefficient (Wildman–Crippen LogP) is 2.01. The third kappa shape index (κ3) is 3.54. The Labute approximate surface area is 124 Å². The van der Waals surface area contributed by atoms with E-state index in [2.05, 4.69) is 10.6 Å². The number of carbonyl (C=O) groups is 2. The first-order valence-corrected chi connectivity index (χ1v) is 7.55. The van der Waals surface area contributed by atoms with E-state index >= 15 is 0 Å². The van der Waals surface area contributed by atoms with Crippen LogP contribution in [0.5, 0.6) is 5.75 Å². The SMILES string of the molecule is O=C1CCc2cc(OCC(=O)NC3CCCC3)ccc2N1. The van der Waals surface area contributed by atoms with E-state index in [1.807, 2.05) is 12.1 Å². The number of rotatable bonds is 4. The quantitative estimate of drug-likeness (QED) is 0.890. The number of hydrogen-bond acceptors (Lipinski definition) is 3. The first-order chi connectivity index (χ1) is 10.2. The van der Waals surface area contributed by atoms with E-state index in [4.69, 9.17) is 4.74 Å². The van der Waals surface area contributed by atoms with Crippen LogP contribution in [0, 0.1) is 0 Å². The van der Waals surface area contributed by atoms with Crippen molar-refractivity contribution in [2.75, 3.05) is 11.9 Å². The molecule has 1 aliphatic carbocycles. The lowest BCUT2D eigenvalue weighted by atomic mass is 10.0. The van der Waals surface area contributed by atoms with Gasteiger partial charge in [0.05, 0.1) is 0 Å². The van der Waals surface area contributed by atoms with Crippen molar-refractivity contribution in [1.82, 2.24) is 5.32 Å². The van der Waals surface area contributed by atoms with Crippen LogP contribution >= 0.6 is 0 Å². The van der Waals surface area contributed by atoms with Crippen LogP contribution < -0.4 is 15.4 Å². The Balaban J connectivity index is 1.53. The molecule has 1 aliphatic heterocycles. The summed E-state index contributed by atoms with van der Waals surface area (Å²) in [6.07, 6.45) is 5.75. The van der Waals surface area contributed by atoms with Gasteiger partial charge in [-0.15, -0.1) is 0 Å². The van der Waals surface area contributed by atoms with Crippen molar-refractivity contribution in [3.63, 3.8) is 0 Å². The molecule has 0 unspecified atom stereocenters. The molecule has 21 heavy (non-hydrogen) atoms. The van der Waals surface area contributed by atoms with Gasteiger partial charge < -0.3 is 15.4 Å². The molecule has 1 saturated carbocycles. The van der Waals surface area contributed by atoms with Crippen LogP contribution in [0.4, 0.5) is 5.69 Å². The van der Waals surface area contributed by atoms with Gasteiger partial charge in [-0.25, -0.2) is 0 Å². The van der Waals surface area contributed by atoms with Crippen LogP contribution in [-0.4, -0.2) is 24.5 Å². The third-order valence-corrected chi connectivity index (χ3v) is 4.06. The fraction of sp³-hybridized carbons (Fsp3) is 0.500. The van der Waals surface area contributed by atoms with Gasteiger partial charge in [-0.1, -0.05) is 12.8 Å². The second kappa shape index (κ2) is 6.16. The van der Waals surface area contributed by atoms with Crippen molar-refractivity contribution < 1.29 is 14.3 Å². The van der Waals surface area contributed by atoms with Gasteiger partial charge in [0.25, 0.3) is 5.91 Å². The van der Waals surface area contributed by atoms with Crippen molar-refractivity contribution in [1.29, 1.82) is 0 Å². The maximum Gasteiger partial charge on any atom is 0.258 e. The number of amides is 2. The van der Waals surface area contributed by atoms with Crippen molar-refractivity contribution in [2.24, 2.45) is 0 Å². The van der Waals surface area contributed by atoms with Gasteiger partial charge in [0.1, 0.15) is 5.75 Å². The van der Waals surface area contributed by atoms with Crippen LogP contribution in [-0.2, 0) is 16.0 Å². The van der Waals surface area contributed by atoms with Crippen LogP contribution in [0.15, 0.2) is 18.2 Å². The van der Waals surface area contributed by atoms with Gasteiger partial charge in [-0.05, 0) is 43.0 Å². The lowest BCUT2D eigenvalue weighted by Crippen LogP contribution is -2.36. The molecule has 3 rings (SSSR count). The van der Waals surface area contributed by atoms with Gasteiger partial charge >= 0.3 is 0 Å². The van der Waals surface area contributed by atoms with Crippen molar-refractivity contribution >= 4 is 17.5 Å². The van der Waals surface area contributed by atoms with Crippen LogP contribution in [0.25, 0.3) is 0 Å². The van der Waals surface area contributed by atoms with Gasteiger partial charge in [-0.3, -0.25) is 9.59 Å². The molecule has 2 aliphatic rings. The average Bonchev–Trinajstić information content (AvgIpc) is 2.98. The number of aryl methyl sites for hydroxylation is 1. The summed E-state index contributed by atoms with van der Waals surface area (Å²) in [6.45, 7) is 0.0433. The minimum atomic E-state index is -0.0621. The second-order valence-corrected chi connectivity index (χ2v) is 5.70. The molecule has 1 heterocycles. The molecule has 1 aromatic rings. The number of hydrogen-bond donors (Lipinski definition) is 2. The highest BCUT2D eigenvalue weighted by atomic mass is 16.5. The van der Waals surface area contributed by atoms with E-state index in [1.165, 1.54) is 12.8 Å². The monoisotopic (exact) mass is 288 g/mol. The molecular formula is C16H20N2O3. The zero-order valence-corrected chi connectivity index (χ0v) is 12.0. The van der Waals surface area contributed by atoms with E-state index in [-0.39, 0.29) is 18.4 Å². The Hall–Kier alpha value is -2.04. The molecule has 1 fully saturated rings. The normalized spacial score (nSPS) is 18.0. The van der Waals surface area contributed by atoms with E-state index in [0.717, 1.165) is 24.1 Å². The lowest BCUT2D eigenvalue weighted by molar-refractivity contribution is -0.123. The average molecular weight is 288 g/mol. The Morgan fingerprint density at radius 2 is 2.10 bits per heavy atom. The van der Waals surface area contributed by atoms with Gasteiger partial charge in [0.15, 0.2) is 6.61 Å². The molecule has 0 aromatic heterocycles. The number of anilines is 1. The molecule has 2 amide bonds. The van der Waals surface area contributed by atoms with Crippen molar-refractivity contribution in [2.45, 2.75) is 44.6 Å². The van der Waals surface area contributed by atoms with Gasteiger partial charge in [0, 0.05) is 18.2 Å². The topological polar surface area (TPSA) is 67.4 Å². The van der Waals surface area contributed by atoms with E-state index in [9.17, 15) is 9.59 Å². The van der Waals surface area contributed by atoms with Gasteiger partial charge in [0.2, 0.25) is 5.91 Å². The summed E-state index contributed by atoms with van der Waals surface area (Å²) in [7, 11) is 0. The van der Waals surface area contributed by atoms with Crippen molar-refractivity contribution in [3.05, 3.63) is 23.8 Å². The summed E-state index contributed by atoms with van der Waals surface area (Å²) in [5.74, 6) is 0.659. The van der Waals surface area contributed by atoms with E-state index in [0.29, 0.717) is 24.6 Å². The maximum atomic E-state index is 11.8. The summed E-state index contributed by atoms with van der Waals surface area (Å²) in [6, 6.07) is 5.83. The zero-order chi connectivity index (χ0) is 14.7. The molecule has 0 atom stereocenters. The number of carbonyl (C=O) groups excluding carboxylic acids is 2. The Kier molecular flexibility index (Phi) is 4.08. The molecular weight excluding hydrogens is 268 g/mol. The number of ether oxygens (including phenoxy) is 1. The Morgan fingerprint density at radius 1 is 1.29 bits per heavy atom. The largest absolute Gasteiger partial charge is 0.484 e. The first-order valence-electron chi connectivity index (χ1n) is 7.55. The Morgan fingerprint density at radius 3 is 2.90 bits per heavy atom. The molecule has 2 N–H and O–H groups in total. The smallest absolute Gasteiger partial charge is 0.258 e. The number of fused-ring (bicyclic) bond motifs is 1. The van der Waals surface area contributed by atoms with Crippen LogP contribution in [0.2, 0.25) is 0 Å². The van der Waals surface area contributed by atoms with Crippen molar-refractivity contribution in [3.8, 4) is 5.75 Å². The fourth-order valence-corrected chi connectivity index (χ4v) is 2.94. The standard InChI is InChI=1S/C16H20N2O3/c19-15-8-5-11-9-13(6-7-14(11)18-15)21-10-16(20)17-12-3-1-2-4-12/h6-7,9,12H,1-5,8,10H2,(H,17,20)(H,18,19). The highest BCUT2D eigenvalue weighted by molar-refractivity contribution is 5.94. The minimum absolute atomic E-state index is 0.0433. The summed E-state index contributed by atoms with van der Waals surface area (Å²) < 4.78 is 5.55. The lowest BCUT2D eigenvalue weighted by Gasteiger charge is -2.18. The molecule has 0 saturated heterocycles. The van der Waals surface area contributed by atoms with Crippen LogP contribution in [0.1, 0.15) is 37.7 Å². The molecule has 0 spiro atoms. The number of nitrogens with one attached hydrogen (secondary N) is 2. The summed E-state index contributed by atoms with van der Waals surface area (Å²) in [5, 5.41) is 5.82. The third-order valence-electron chi connectivity index (χ3n) is 4.06. The van der Waals surface area contributed by atoms with E-state index < -0.39 is 0 Å². The highest BCUT2D eigenvalue weighted by Crippen LogP contribution is 2.26.